The quantitative estimate of drug-likeness (QED) is 0.232. The number of hydrogen-bond acceptors (Lipinski definition) is 10. The maximum Gasteiger partial charge on any atom is 0.508 e. The zero-order chi connectivity index (χ0) is 28.7. The van der Waals surface area contributed by atoms with Crippen LogP contribution < -0.4 is 15.2 Å². The Hall–Kier alpha value is -3.14. The third kappa shape index (κ3) is 12.9. The lowest BCUT2D eigenvalue weighted by molar-refractivity contribution is -0.152. The van der Waals surface area contributed by atoms with Gasteiger partial charge in [0.05, 0.1) is 6.61 Å². The Kier molecular flexibility index (Phi) is 15.0. The van der Waals surface area contributed by atoms with Crippen molar-refractivity contribution in [2.75, 3.05) is 13.2 Å². The first-order valence-electron chi connectivity index (χ1n) is 13.3. The molecule has 0 aliphatic rings. The summed E-state index contributed by atoms with van der Waals surface area (Å²) < 4.78 is 26.0. The van der Waals surface area contributed by atoms with Crippen LogP contribution >= 0.6 is 0 Å². The Morgan fingerprint density at radius 3 is 1.97 bits per heavy atom. The second-order valence-electron chi connectivity index (χ2n) is 9.63. The summed E-state index contributed by atoms with van der Waals surface area (Å²) in [6.07, 6.45) is 1.24. The fourth-order valence-electron chi connectivity index (χ4n) is 3.10. The summed E-state index contributed by atoms with van der Waals surface area (Å²) in [7, 11) is 0. The first-order chi connectivity index (χ1) is 18.0. The zero-order valence-electron chi connectivity index (χ0n) is 23.4. The van der Waals surface area contributed by atoms with Gasteiger partial charge in [0.1, 0.15) is 18.8 Å². The second-order valence-corrected chi connectivity index (χ2v) is 9.63. The van der Waals surface area contributed by atoms with Gasteiger partial charge in [-0.1, -0.05) is 53.5 Å². The van der Waals surface area contributed by atoms with Gasteiger partial charge in [0.15, 0.2) is 11.5 Å². The molecule has 2 unspecified atom stereocenters. The standard InChI is InChI=1S/C28H43NO9/c1-7-12-34-28(33)35-17-20(6)36-27(32)22(29)15-21-10-11-23(37-25(30)13-18(4)8-2)24(16-21)38-26(31)14-19(5)9-3/h10-11,16,18-20,22H,7-9,12-15,17,29H2,1-6H3/t18?,19?,20-,22-/m0/s1. The van der Waals surface area contributed by atoms with Crippen molar-refractivity contribution in [1.29, 1.82) is 0 Å². The van der Waals surface area contributed by atoms with Gasteiger partial charge in [-0.2, -0.15) is 0 Å². The summed E-state index contributed by atoms with van der Waals surface area (Å²) >= 11 is 0. The Balaban J connectivity index is 2.88. The first kappa shape index (κ1) is 32.9. The molecule has 0 heterocycles. The molecule has 1 aromatic carbocycles. The summed E-state index contributed by atoms with van der Waals surface area (Å²) in [6, 6.07) is 3.66. The van der Waals surface area contributed by atoms with Crippen molar-refractivity contribution >= 4 is 24.1 Å². The van der Waals surface area contributed by atoms with Crippen LogP contribution in [0.2, 0.25) is 0 Å². The summed E-state index contributed by atoms with van der Waals surface area (Å²) in [5.74, 6) is -1.09. The van der Waals surface area contributed by atoms with E-state index in [1.54, 1.807) is 13.0 Å². The maximum atomic E-state index is 12.5. The molecule has 10 nitrogen and oxygen atoms in total. The Bertz CT molecular complexity index is 918. The van der Waals surface area contributed by atoms with E-state index in [1.807, 2.05) is 34.6 Å². The van der Waals surface area contributed by atoms with Gasteiger partial charge in [0, 0.05) is 12.8 Å². The van der Waals surface area contributed by atoms with Crippen LogP contribution in [0.3, 0.4) is 0 Å². The van der Waals surface area contributed by atoms with Crippen LogP contribution in [-0.4, -0.2) is 49.4 Å². The topological polar surface area (TPSA) is 140 Å². The number of carbonyl (C=O) groups excluding carboxylic acids is 4. The minimum atomic E-state index is -1.04. The lowest BCUT2D eigenvalue weighted by Gasteiger charge is -2.18. The number of esters is 3. The number of ether oxygens (including phenoxy) is 5. The van der Waals surface area contributed by atoms with Crippen LogP contribution in [0.15, 0.2) is 18.2 Å². The molecule has 10 heteroatoms. The number of benzene rings is 1. The van der Waals surface area contributed by atoms with Crippen molar-refractivity contribution in [3.05, 3.63) is 23.8 Å². The van der Waals surface area contributed by atoms with Crippen molar-refractivity contribution in [3.63, 3.8) is 0 Å². The van der Waals surface area contributed by atoms with Crippen molar-refractivity contribution in [2.45, 2.75) is 92.2 Å². The molecule has 0 fully saturated rings. The highest BCUT2D eigenvalue weighted by atomic mass is 16.7. The van der Waals surface area contributed by atoms with E-state index in [9.17, 15) is 19.2 Å². The average molecular weight is 538 g/mol. The number of rotatable bonds is 16. The molecule has 0 radical (unpaired) electrons. The average Bonchev–Trinajstić information content (AvgIpc) is 2.87. The fraction of sp³-hybridized carbons (Fsp3) is 0.643. The van der Waals surface area contributed by atoms with Crippen LogP contribution in [0.1, 0.15) is 79.2 Å². The van der Waals surface area contributed by atoms with E-state index in [0.717, 1.165) is 12.8 Å². The highest BCUT2D eigenvalue weighted by molar-refractivity contribution is 5.77. The van der Waals surface area contributed by atoms with Gasteiger partial charge < -0.3 is 29.4 Å². The number of hydrogen-bond donors (Lipinski definition) is 1. The molecule has 214 valence electrons. The smallest absolute Gasteiger partial charge is 0.458 e. The lowest BCUT2D eigenvalue weighted by Crippen LogP contribution is -2.37. The minimum absolute atomic E-state index is 0.0714. The molecular formula is C28H43NO9. The molecule has 0 saturated heterocycles. The van der Waals surface area contributed by atoms with Gasteiger partial charge in [-0.25, -0.2) is 4.79 Å². The molecule has 2 N–H and O–H groups in total. The van der Waals surface area contributed by atoms with Crippen LogP contribution in [0.25, 0.3) is 0 Å². The van der Waals surface area contributed by atoms with Crippen molar-refractivity contribution in [3.8, 4) is 11.5 Å². The molecule has 1 aromatic rings. The zero-order valence-corrected chi connectivity index (χ0v) is 23.4. The molecule has 0 spiro atoms. The van der Waals surface area contributed by atoms with E-state index in [2.05, 4.69) is 0 Å². The van der Waals surface area contributed by atoms with Crippen LogP contribution in [-0.2, 0) is 35.0 Å². The maximum absolute atomic E-state index is 12.5. The number of carbonyl (C=O) groups is 4. The van der Waals surface area contributed by atoms with E-state index in [0.29, 0.717) is 12.0 Å². The predicted molar refractivity (Wildman–Crippen MR) is 141 cm³/mol. The molecular weight excluding hydrogens is 494 g/mol. The Morgan fingerprint density at radius 2 is 1.42 bits per heavy atom. The van der Waals surface area contributed by atoms with Gasteiger partial charge in [-0.15, -0.1) is 0 Å². The van der Waals surface area contributed by atoms with E-state index in [1.165, 1.54) is 12.1 Å². The van der Waals surface area contributed by atoms with Crippen LogP contribution in [0, 0.1) is 11.8 Å². The molecule has 1 rings (SSSR count). The highest BCUT2D eigenvalue weighted by Gasteiger charge is 2.22. The van der Waals surface area contributed by atoms with Gasteiger partial charge in [0.2, 0.25) is 0 Å². The lowest BCUT2D eigenvalue weighted by atomic mass is 10.0. The van der Waals surface area contributed by atoms with Crippen molar-refractivity contribution in [2.24, 2.45) is 17.6 Å². The molecule has 0 aliphatic heterocycles. The Morgan fingerprint density at radius 1 is 0.842 bits per heavy atom. The third-order valence-electron chi connectivity index (χ3n) is 5.82. The van der Waals surface area contributed by atoms with Crippen LogP contribution in [0.4, 0.5) is 4.79 Å². The van der Waals surface area contributed by atoms with Crippen LogP contribution in [0.5, 0.6) is 11.5 Å². The molecule has 0 amide bonds. The fourth-order valence-corrected chi connectivity index (χ4v) is 3.10. The van der Waals surface area contributed by atoms with E-state index in [-0.39, 0.29) is 55.8 Å². The van der Waals surface area contributed by atoms with Gasteiger partial charge in [-0.05, 0) is 49.3 Å². The highest BCUT2D eigenvalue weighted by Crippen LogP contribution is 2.30. The second kappa shape index (κ2) is 17.4. The minimum Gasteiger partial charge on any atom is -0.458 e. The largest absolute Gasteiger partial charge is 0.508 e. The SMILES string of the molecule is CCCOC(=O)OC[C@H](C)OC(=O)[C@@H](N)Cc1ccc(OC(=O)CC(C)CC)c(OC(=O)CC(C)CC)c1. The van der Waals surface area contributed by atoms with E-state index < -0.39 is 36.2 Å². The number of nitrogens with two attached hydrogens (primary N) is 1. The molecule has 0 aromatic heterocycles. The summed E-state index contributed by atoms with van der Waals surface area (Å²) in [5, 5.41) is 0. The van der Waals surface area contributed by atoms with Gasteiger partial charge in [0.25, 0.3) is 0 Å². The molecule has 4 atom stereocenters. The van der Waals surface area contributed by atoms with Gasteiger partial charge >= 0.3 is 24.1 Å². The summed E-state index contributed by atoms with van der Waals surface area (Å²) in [5.41, 5.74) is 6.62. The summed E-state index contributed by atoms with van der Waals surface area (Å²) in [4.78, 5) is 48.7. The summed E-state index contributed by atoms with van der Waals surface area (Å²) in [6.45, 7) is 11.3. The normalized spacial score (nSPS) is 14.0. The van der Waals surface area contributed by atoms with E-state index in [4.69, 9.17) is 29.4 Å². The molecule has 0 bridgehead atoms. The predicted octanol–water partition coefficient (Wildman–Crippen LogP) is 4.73. The van der Waals surface area contributed by atoms with Gasteiger partial charge in [-0.3, -0.25) is 14.4 Å². The Labute approximate surface area is 225 Å². The van der Waals surface area contributed by atoms with Crippen molar-refractivity contribution < 1.29 is 42.9 Å². The first-order valence-corrected chi connectivity index (χ1v) is 13.3. The van der Waals surface area contributed by atoms with Crippen molar-refractivity contribution in [1.82, 2.24) is 0 Å². The molecule has 38 heavy (non-hydrogen) atoms. The molecule has 0 aliphatic carbocycles. The third-order valence-corrected chi connectivity index (χ3v) is 5.82. The molecule has 0 saturated carbocycles. The monoisotopic (exact) mass is 537 g/mol. The van der Waals surface area contributed by atoms with E-state index >= 15 is 0 Å².